The molecule has 2 heterocycles. The fourth-order valence-electron chi connectivity index (χ4n) is 4.36. The zero-order valence-electron chi connectivity index (χ0n) is 18.4. The topological polar surface area (TPSA) is 45.6 Å². The number of hydrogen-bond acceptors (Lipinski definition) is 4. The Morgan fingerprint density at radius 1 is 1.09 bits per heavy atom. The van der Waals surface area contributed by atoms with Crippen molar-refractivity contribution >= 4 is 17.2 Å². The number of aromatic nitrogens is 1. The molecule has 0 radical (unpaired) electrons. The molecule has 4 nitrogen and oxygen atoms in total. The van der Waals surface area contributed by atoms with E-state index in [1.165, 1.54) is 0 Å². The molecule has 32 heavy (non-hydrogen) atoms. The Kier molecular flexibility index (Phi) is 7.26. The van der Waals surface area contributed by atoms with Crippen molar-refractivity contribution < 1.29 is 9.84 Å². The van der Waals surface area contributed by atoms with Crippen molar-refractivity contribution in [3.8, 4) is 5.75 Å². The molecule has 3 aromatic rings. The van der Waals surface area contributed by atoms with Gasteiger partial charge in [0.25, 0.3) is 0 Å². The smallest absolute Gasteiger partial charge is 0.126 e. The van der Waals surface area contributed by atoms with E-state index in [2.05, 4.69) is 28.1 Å². The van der Waals surface area contributed by atoms with E-state index in [9.17, 15) is 5.11 Å². The van der Waals surface area contributed by atoms with Gasteiger partial charge < -0.3 is 14.7 Å². The van der Waals surface area contributed by atoms with E-state index in [-0.39, 0.29) is 0 Å². The summed E-state index contributed by atoms with van der Waals surface area (Å²) in [4.78, 5) is 6.73. The van der Waals surface area contributed by atoms with E-state index in [0.29, 0.717) is 5.02 Å². The van der Waals surface area contributed by atoms with Crippen LogP contribution in [0.4, 0.5) is 0 Å². The first-order chi connectivity index (χ1) is 15.6. The van der Waals surface area contributed by atoms with Crippen LogP contribution in [-0.2, 0) is 5.60 Å². The van der Waals surface area contributed by atoms with Gasteiger partial charge in [-0.3, -0.25) is 4.98 Å². The highest BCUT2D eigenvalue weighted by molar-refractivity contribution is 6.30. The van der Waals surface area contributed by atoms with Crippen LogP contribution in [-0.4, -0.2) is 41.7 Å². The lowest BCUT2D eigenvalue weighted by atomic mass is 9.84. The van der Waals surface area contributed by atoms with E-state index in [1.807, 2.05) is 54.7 Å². The number of nitrogens with zero attached hydrogens (tertiary/aromatic N) is 2. The Balaban J connectivity index is 1.44. The van der Waals surface area contributed by atoms with Gasteiger partial charge in [0.1, 0.15) is 5.75 Å². The summed E-state index contributed by atoms with van der Waals surface area (Å²) >= 11 is 6.00. The second-order valence-corrected chi connectivity index (χ2v) is 8.67. The predicted octanol–water partition coefficient (Wildman–Crippen LogP) is 5.55. The summed E-state index contributed by atoms with van der Waals surface area (Å²) in [6.07, 6.45) is 8.31. The van der Waals surface area contributed by atoms with Crippen LogP contribution in [0.5, 0.6) is 5.75 Å². The maximum atomic E-state index is 11.1. The van der Waals surface area contributed by atoms with Crippen molar-refractivity contribution in [3.05, 3.63) is 101 Å². The number of benzene rings is 2. The number of hydrogen-bond donors (Lipinski definition) is 1. The summed E-state index contributed by atoms with van der Waals surface area (Å²) in [6, 6.07) is 19.7. The fourth-order valence-corrected chi connectivity index (χ4v) is 4.49. The molecule has 0 aliphatic carbocycles. The number of rotatable bonds is 7. The third kappa shape index (κ3) is 5.21. The number of para-hydroxylation sites is 1. The first kappa shape index (κ1) is 22.5. The lowest BCUT2D eigenvalue weighted by molar-refractivity contribution is -0.0254. The third-order valence-electron chi connectivity index (χ3n) is 6.23. The van der Waals surface area contributed by atoms with Gasteiger partial charge in [-0.15, -0.1) is 0 Å². The number of pyridine rings is 1. The Bertz CT molecular complexity index is 1040. The number of ether oxygens (including phenoxy) is 1. The molecule has 0 spiro atoms. The second kappa shape index (κ2) is 10.3. The molecular weight excluding hydrogens is 420 g/mol. The molecule has 0 amide bonds. The van der Waals surface area contributed by atoms with Crippen LogP contribution in [0.1, 0.15) is 36.0 Å². The minimum absolute atomic E-state index is 0.695. The van der Waals surface area contributed by atoms with Crippen LogP contribution < -0.4 is 4.74 Å². The highest BCUT2D eigenvalue weighted by atomic mass is 35.5. The molecular formula is C27H29ClN2O2. The molecule has 5 heteroatoms. The number of methoxy groups -OCH3 is 1. The standard InChI is InChI=1S/C27H29ClN2O2/c1-32-26-9-3-2-7-25(26)24(21-6-4-16-29-20-21)8-5-17-30-18-14-27(31,15-19-30)22-10-12-23(28)13-11-22/h2-4,6-13,16,20,31H,5,14-15,17-19H2,1H3/b24-8-. The summed E-state index contributed by atoms with van der Waals surface area (Å²) < 4.78 is 5.61. The van der Waals surface area contributed by atoms with Crippen molar-refractivity contribution in [2.45, 2.75) is 24.9 Å². The van der Waals surface area contributed by atoms with E-state index in [4.69, 9.17) is 16.3 Å². The predicted molar refractivity (Wildman–Crippen MR) is 130 cm³/mol. The summed E-state index contributed by atoms with van der Waals surface area (Å²) in [7, 11) is 1.70. The SMILES string of the molecule is COc1ccccc1/C(=C\CCN1CCC(O)(c2ccc(Cl)cc2)CC1)c1cccnc1. The van der Waals surface area contributed by atoms with Gasteiger partial charge in [-0.2, -0.15) is 0 Å². The van der Waals surface area contributed by atoms with Crippen molar-refractivity contribution in [1.29, 1.82) is 0 Å². The maximum absolute atomic E-state index is 11.1. The Hall–Kier alpha value is -2.66. The van der Waals surface area contributed by atoms with Crippen molar-refractivity contribution in [3.63, 3.8) is 0 Å². The van der Waals surface area contributed by atoms with Crippen LogP contribution in [0.2, 0.25) is 5.02 Å². The Labute approximate surface area is 195 Å². The number of halogens is 1. The Morgan fingerprint density at radius 3 is 2.53 bits per heavy atom. The minimum Gasteiger partial charge on any atom is -0.496 e. The fraction of sp³-hybridized carbons (Fsp3) is 0.296. The summed E-state index contributed by atoms with van der Waals surface area (Å²) in [6.45, 7) is 2.67. The van der Waals surface area contributed by atoms with Gasteiger partial charge in [0, 0.05) is 48.2 Å². The molecule has 1 fully saturated rings. The first-order valence-corrected chi connectivity index (χ1v) is 11.4. The van der Waals surface area contributed by atoms with Gasteiger partial charge in [0.05, 0.1) is 12.7 Å². The molecule has 166 valence electrons. The average molecular weight is 449 g/mol. The summed E-state index contributed by atoms with van der Waals surface area (Å²) in [5.41, 5.74) is 3.46. The summed E-state index contributed by atoms with van der Waals surface area (Å²) in [5, 5.41) is 11.8. The van der Waals surface area contributed by atoms with Crippen LogP contribution in [0.15, 0.2) is 79.1 Å². The van der Waals surface area contributed by atoms with Gasteiger partial charge >= 0.3 is 0 Å². The van der Waals surface area contributed by atoms with Crippen LogP contribution in [0.3, 0.4) is 0 Å². The first-order valence-electron chi connectivity index (χ1n) is 11.0. The van der Waals surface area contributed by atoms with Crippen molar-refractivity contribution in [1.82, 2.24) is 9.88 Å². The maximum Gasteiger partial charge on any atom is 0.126 e. The molecule has 4 rings (SSSR count). The zero-order valence-corrected chi connectivity index (χ0v) is 19.1. The van der Waals surface area contributed by atoms with Gasteiger partial charge in [0.2, 0.25) is 0 Å². The molecule has 0 saturated carbocycles. The second-order valence-electron chi connectivity index (χ2n) is 8.23. The third-order valence-corrected chi connectivity index (χ3v) is 6.48. The largest absolute Gasteiger partial charge is 0.496 e. The highest BCUT2D eigenvalue weighted by Crippen LogP contribution is 2.34. The van der Waals surface area contributed by atoms with Gasteiger partial charge in [0.15, 0.2) is 0 Å². The number of piperidine rings is 1. The average Bonchev–Trinajstić information content (AvgIpc) is 2.84. The van der Waals surface area contributed by atoms with E-state index in [0.717, 1.165) is 66.9 Å². The zero-order chi connectivity index (χ0) is 22.4. The highest BCUT2D eigenvalue weighted by Gasteiger charge is 2.33. The molecule has 0 atom stereocenters. The van der Waals surface area contributed by atoms with Crippen LogP contribution >= 0.6 is 11.6 Å². The molecule has 1 aliphatic heterocycles. The van der Waals surface area contributed by atoms with Gasteiger partial charge in [-0.05, 0) is 54.7 Å². The van der Waals surface area contributed by atoms with Crippen LogP contribution in [0.25, 0.3) is 5.57 Å². The number of likely N-dealkylation sites (tertiary alicyclic amines) is 1. The Morgan fingerprint density at radius 2 is 1.84 bits per heavy atom. The molecule has 2 aromatic carbocycles. The van der Waals surface area contributed by atoms with E-state index in [1.54, 1.807) is 13.3 Å². The number of aliphatic hydroxyl groups is 1. The molecule has 0 unspecified atom stereocenters. The van der Waals surface area contributed by atoms with E-state index < -0.39 is 5.60 Å². The normalized spacial score (nSPS) is 16.7. The summed E-state index contributed by atoms with van der Waals surface area (Å²) in [5.74, 6) is 0.855. The minimum atomic E-state index is -0.769. The molecule has 1 aromatic heterocycles. The lowest BCUT2D eigenvalue weighted by Gasteiger charge is -2.38. The molecule has 1 N–H and O–H groups in total. The van der Waals surface area contributed by atoms with Crippen molar-refractivity contribution in [2.24, 2.45) is 0 Å². The monoisotopic (exact) mass is 448 g/mol. The van der Waals surface area contributed by atoms with Crippen LogP contribution in [0, 0.1) is 0 Å². The van der Waals surface area contributed by atoms with E-state index >= 15 is 0 Å². The quantitative estimate of drug-likeness (QED) is 0.514. The van der Waals surface area contributed by atoms with Gasteiger partial charge in [-0.1, -0.05) is 54.1 Å². The lowest BCUT2D eigenvalue weighted by Crippen LogP contribution is -2.42. The molecule has 1 aliphatic rings. The van der Waals surface area contributed by atoms with Crippen molar-refractivity contribution in [2.75, 3.05) is 26.7 Å². The van der Waals surface area contributed by atoms with Gasteiger partial charge in [-0.25, -0.2) is 0 Å². The molecule has 0 bridgehead atoms. The molecule has 1 saturated heterocycles.